The van der Waals surface area contributed by atoms with E-state index in [2.05, 4.69) is 36.3 Å². The van der Waals surface area contributed by atoms with Crippen molar-refractivity contribution < 1.29 is 9.78 Å². The van der Waals surface area contributed by atoms with Gasteiger partial charge in [-0.15, -0.1) is 0 Å². The molecule has 3 nitrogen and oxygen atoms in total. The first-order chi connectivity index (χ1) is 9.65. The van der Waals surface area contributed by atoms with Crippen molar-refractivity contribution in [1.82, 2.24) is 0 Å². The van der Waals surface area contributed by atoms with Crippen molar-refractivity contribution >= 4 is 17.8 Å². The number of nitrogens with one attached hydrogen (secondary N) is 2. The lowest BCUT2D eigenvalue weighted by molar-refractivity contribution is -0.360. The van der Waals surface area contributed by atoms with E-state index >= 15 is 0 Å². The Hall–Kier alpha value is -2.42. The van der Waals surface area contributed by atoms with Crippen molar-refractivity contribution in [3.05, 3.63) is 65.9 Å². The number of pyridine rings is 1. The molecule has 3 heteroatoms. The minimum absolute atomic E-state index is 0.152. The van der Waals surface area contributed by atoms with E-state index < -0.39 is 0 Å². The van der Waals surface area contributed by atoms with Crippen LogP contribution in [-0.2, 0) is 4.79 Å². The standard InChI is InChI=1S/C17H18N2O/c1-13(2)15-9-6-14(7-10-15)8-11-17(20)19-16-5-3-4-12-18-16/h3-13H,1-2H3,(H,18,19,20)/p+1. The topological polar surface area (TPSA) is 43.2 Å². The maximum atomic E-state index is 11.7. The SMILES string of the molecule is CC(C)c1ccc(C=CC(=O)Nc2cccc[nH+]2)cc1. The highest BCUT2D eigenvalue weighted by Gasteiger charge is 2.04. The van der Waals surface area contributed by atoms with Crippen molar-refractivity contribution in [2.45, 2.75) is 19.8 Å². The molecule has 1 aromatic heterocycles. The molecule has 1 aromatic carbocycles. The van der Waals surface area contributed by atoms with Crippen LogP contribution in [0.25, 0.3) is 6.08 Å². The molecule has 1 amide bonds. The van der Waals surface area contributed by atoms with Gasteiger partial charge in [-0.1, -0.05) is 44.2 Å². The summed E-state index contributed by atoms with van der Waals surface area (Å²) in [5.74, 6) is 1.04. The molecule has 2 aromatic rings. The molecular formula is C17H19N2O+. The zero-order valence-electron chi connectivity index (χ0n) is 11.8. The Morgan fingerprint density at radius 1 is 1.15 bits per heavy atom. The number of hydrogen-bond donors (Lipinski definition) is 1. The predicted octanol–water partition coefficient (Wildman–Crippen LogP) is 3.28. The minimum Gasteiger partial charge on any atom is -0.247 e. The molecule has 0 spiro atoms. The maximum absolute atomic E-state index is 11.7. The Labute approximate surface area is 119 Å². The molecule has 2 N–H and O–H groups in total. The molecule has 1 heterocycles. The summed E-state index contributed by atoms with van der Waals surface area (Å²) in [4.78, 5) is 14.7. The van der Waals surface area contributed by atoms with Gasteiger partial charge in [-0.2, -0.15) is 0 Å². The Morgan fingerprint density at radius 3 is 2.50 bits per heavy atom. The number of amides is 1. The van der Waals surface area contributed by atoms with Gasteiger partial charge in [0, 0.05) is 12.1 Å². The van der Waals surface area contributed by atoms with Gasteiger partial charge in [-0.25, -0.2) is 15.1 Å². The summed E-state index contributed by atoms with van der Waals surface area (Å²) >= 11 is 0. The molecule has 0 atom stereocenters. The molecule has 20 heavy (non-hydrogen) atoms. The summed E-state index contributed by atoms with van der Waals surface area (Å²) in [6.07, 6.45) is 5.11. The smallest absolute Gasteiger partial charge is 0.247 e. The Balaban J connectivity index is 1.97. The first-order valence-electron chi connectivity index (χ1n) is 6.71. The van der Waals surface area contributed by atoms with Crippen LogP contribution in [0.5, 0.6) is 0 Å². The van der Waals surface area contributed by atoms with E-state index in [1.54, 1.807) is 6.20 Å². The highest BCUT2D eigenvalue weighted by Crippen LogP contribution is 2.15. The lowest BCUT2D eigenvalue weighted by Gasteiger charge is -2.04. The van der Waals surface area contributed by atoms with Crippen LogP contribution >= 0.6 is 0 Å². The zero-order valence-corrected chi connectivity index (χ0v) is 11.8. The molecule has 0 saturated heterocycles. The van der Waals surface area contributed by atoms with E-state index in [-0.39, 0.29) is 5.91 Å². The average molecular weight is 267 g/mol. The number of anilines is 1. The second kappa shape index (κ2) is 6.66. The molecule has 102 valence electrons. The fraction of sp³-hybridized carbons (Fsp3) is 0.176. The van der Waals surface area contributed by atoms with Crippen LogP contribution in [-0.4, -0.2) is 5.91 Å². The van der Waals surface area contributed by atoms with Crippen LogP contribution in [0.3, 0.4) is 0 Å². The number of hydrogen-bond acceptors (Lipinski definition) is 1. The lowest BCUT2D eigenvalue weighted by Crippen LogP contribution is -2.16. The Kier molecular flexibility index (Phi) is 4.66. The lowest BCUT2D eigenvalue weighted by atomic mass is 10.0. The first-order valence-corrected chi connectivity index (χ1v) is 6.71. The van der Waals surface area contributed by atoms with Crippen molar-refractivity contribution in [3.8, 4) is 0 Å². The number of carbonyl (C=O) groups excluding carboxylic acids is 1. The number of carbonyl (C=O) groups is 1. The van der Waals surface area contributed by atoms with Gasteiger partial charge in [0.25, 0.3) is 5.82 Å². The molecule has 0 unspecified atom stereocenters. The van der Waals surface area contributed by atoms with E-state index in [9.17, 15) is 4.79 Å². The Bertz CT molecular complexity index is 586. The molecule has 0 aliphatic rings. The molecule has 2 rings (SSSR count). The predicted molar refractivity (Wildman–Crippen MR) is 81.2 cm³/mol. The van der Waals surface area contributed by atoms with Gasteiger partial charge in [-0.05, 0) is 29.2 Å². The van der Waals surface area contributed by atoms with Crippen LogP contribution in [0, 0.1) is 0 Å². The van der Waals surface area contributed by atoms with Crippen molar-refractivity contribution in [1.29, 1.82) is 0 Å². The highest BCUT2D eigenvalue weighted by molar-refractivity contribution is 6.00. The largest absolute Gasteiger partial charge is 0.331 e. The van der Waals surface area contributed by atoms with Gasteiger partial charge in [-0.3, -0.25) is 0 Å². The summed E-state index contributed by atoms with van der Waals surface area (Å²) < 4.78 is 0. The second-order valence-corrected chi connectivity index (χ2v) is 4.92. The summed E-state index contributed by atoms with van der Waals surface area (Å²) in [5.41, 5.74) is 2.31. The van der Waals surface area contributed by atoms with Gasteiger partial charge < -0.3 is 0 Å². The van der Waals surface area contributed by atoms with Crippen molar-refractivity contribution in [2.75, 3.05) is 5.32 Å². The molecule has 0 radical (unpaired) electrons. The normalized spacial score (nSPS) is 10.9. The van der Waals surface area contributed by atoms with E-state index in [0.717, 1.165) is 5.56 Å². The second-order valence-electron chi connectivity index (χ2n) is 4.92. The van der Waals surface area contributed by atoms with E-state index in [4.69, 9.17) is 0 Å². The Morgan fingerprint density at radius 2 is 1.90 bits per heavy atom. The van der Waals surface area contributed by atoms with E-state index in [1.807, 2.05) is 36.4 Å². The molecule has 0 fully saturated rings. The quantitative estimate of drug-likeness (QED) is 0.849. The third kappa shape index (κ3) is 4.05. The van der Waals surface area contributed by atoms with Crippen LogP contribution in [0.4, 0.5) is 5.82 Å². The zero-order chi connectivity index (χ0) is 14.4. The average Bonchev–Trinajstić information content (AvgIpc) is 2.46. The molecule has 0 aliphatic heterocycles. The van der Waals surface area contributed by atoms with Gasteiger partial charge in [0.05, 0.1) is 6.20 Å². The highest BCUT2D eigenvalue weighted by atomic mass is 16.1. The van der Waals surface area contributed by atoms with Crippen molar-refractivity contribution in [3.63, 3.8) is 0 Å². The minimum atomic E-state index is -0.152. The van der Waals surface area contributed by atoms with Crippen LogP contribution < -0.4 is 10.3 Å². The monoisotopic (exact) mass is 267 g/mol. The molecule has 0 bridgehead atoms. The summed E-state index contributed by atoms with van der Waals surface area (Å²) in [7, 11) is 0. The van der Waals surface area contributed by atoms with Gasteiger partial charge >= 0.3 is 5.91 Å². The molecule has 0 aliphatic carbocycles. The number of aromatic amines is 1. The fourth-order valence-corrected chi connectivity index (χ4v) is 1.81. The number of benzene rings is 1. The van der Waals surface area contributed by atoms with Gasteiger partial charge in [0.1, 0.15) is 0 Å². The number of aromatic nitrogens is 1. The van der Waals surface area contributed by atoms with Crippen molar-refractivity contribution in [2.24, 2.45) is 0 Å². The third-order valence-corrected chi connectivity index (χ3v) is 3.00. The molecular weight excluding hydrogens is 248 g/mol. The summed E-state index contributed by atoms with van der Waals surface area (Å²) in [6, 6.07) is 13.8. The maximum Gasteiger partial charge on any atom is 0.331 e. The first kappa shape index (κ1) is 14.0. The van der Waals surface area contributed by atoms with Crippen LogP contribution in [0.15, 0.2) is 54.7 Å². The van der Waals surface area contributed by atoms with Gasteiger partial charge in [0.15, 0.2) is 0 Å². The van der Waals surface area contributed by atoms with E-state index in [1.165, 1.54) is 11.6 Å². The van der Waals surface area contributed by atoms with E-state index in [0.29, 0.717) is 11.7 Å². The number of rotatable bonds is 4. The number of H-pyrrole nitrogens is 1. The van der Waals surface area contributed by atoms with Crippen LogP contribution in [0.2, 0.25) is 0 Å². The third-order valence-electron chi connectivity index (χ3n) is 3.00. The van der Waals surface area contributed by atoms with Gasteiger partial charge in [0.2, 0.25) is 0 Å². The summed E-state index contributed by atoms with van der Waals surface area (Å²) in [5, 5.41) is 2.76. The molecule has 0 saturated carbocycles. The fourth-order valence-electron chi connectivity index (χ4n) is 1.81. The summed E-state index contributed by atoms with van der Waals surface area (Å²) in [6.45, 7) is 4.32. The van der Waals surface area contributed by atoms with Crippen LogP contribution in [0.1, 0.15) is 30.9 Å².